The van der Waals surface area contributed by atoms with Crippen LogP contribution in [0.3, 0.4) is 0 Å². The van der Waals surface area contributed by atoms with Gasteiger partial charge in [-0.25, -0.2) is 12.7 Å². The third-order valence-electron chi connectivity index (χ3n) is 4.79. The summed E-state index contributed by atoms with van der Waals surface area (Å²) in [6.07, 6.45) is 0.872. The number of benzene rings is 2. The van der Waals surface area contributed by atoms with Crippen LogP contribution in [-0.4, -0.2) is 31.7 Å². The van der Waals surface area contributed by atoms with Gasteiger partial charge in [-0.1, -0.05) is 40.9 Å². The van der Waals surface area contributed by atoms with E-state index in [2.05, 4.69) is 21.2 Å². The first kappa shape index (κ1) is 22.8. The van der Waals surface area contributed by atoms with E-state index in [4.69, 9.17) is 34.8 Å². The van der Waals surface area contributed by atoms with Crippen LogP contribution in [0.4, 0.5) is 5.69 Å². The number of carbonyl (C=O) groups excluding carboxylic acids is 1. The topological polar surface area (TPSA) is 66.5 Å². The van der Waals surface area contributed by atoms with Crippen molar-refractivity contribution in [2.75, 3.05) is 18.4 Å². The van der Waals surface area contributed by atoms with Gasteiger partial charge in [0.2, 0.25) is 15.9 Å². The summed E-state index contributed by atoms with van der Waals surface area (Å²) in [5, 5.41) is 3.99. The smallest absolute Gasteiger partial charge is 0.227 e. The second-order valence-electron chi connectivity index (χ2n) is 6.75. The molecule has 1 N–H and O–H groups in total. The van der Waals surface area contributed by atoms with E-state index in [-0.39, 0.29) is 30.7 Å². The molecule has 0 bridgehead atoms. The Kier molecular flexibility index (Phi) is 7.51. The molecule has 0 radical (unpaired) electrons. The maximum atomic E-state index is 12.8. The molecule has 3 rings (SSSR count). The van der Waals surface area contributed by atoms with Crippen LogP contribution in [0.25, 0.3) is 0 Å². The molecule has 156 valence electrons. The van der Waals surface area contributed by atoms with E-state index in [9.17, 15) is 13.2 Å². The number of nitrogens with one attached hydrogen (secondary N) is 1. The first-order valence-electron chi connectivity index (χ1n) is 8.84. The van der Waals surface area contributed by atoms with Crippen molar-refractivity contribution >= 4 is 72.4 Å². The molecule has 0 aliphatic carbocycles. The van der Waals surface area contributed by atoms with Gasteiger partial charge in [0, 0.05) is 44.8 Å². The number of rotatable bonds is 5. The number of anilines is 1. The minimum absolute atomic E-state index is 0.144. The van der Waals surface area contributed by atoms with Crippen LogP contribution < -0.4 is 5.32 Å². The number of hydrogen-bond acceptors (Lipinski definition) is 3. The quantitative estimate of drug-likeness (QED) is 0.538. The molecule has 1 aliphatic rings. The number of halogens is 4. The Bertz CT molecular complexity index is 1010. The normalized spacial score (nSPS) is 16.0. The van der Waals surface area contributed by atoms with Gasteiger partial charge in [0.1, 0.15) is 0 Å². The van der Waals surface area contributed by atoms with Crippen LogP contribution in [0.1, 0.15) is 18.4 Å². The average molecular weight is 541 g/mol. The predicted molar refractivity (Wildman–Crippen MR) is 121 cm³/mol. The van der Waals surface area contributed by atoms with Crippen LogP contribution in [0.15, 0.2) is 40.9 Å². The third kappa shape index (κ3) is 5.66. The number of piperidine rings is 1. The van der Waals surface area contributed by atoms with Gasteiger partial charge in [0.15, 0.2) is 0 Å². The minimum atomic E-state index is -3.59. The van der Waals surface area contributed by atoms with Gasteiger partial charge in [0.25, 0.3) is 0 Å². The summed E-state index contributed by atoms with van der Waals surface area (Å²) in [6.45, 7) is 0.535. The molecule has 0 spiro atoms. The van der Waals surface area contributed by atoms with Crippen molar-refractivity contribution in [3.63, 3.8) is 0 Å². The number of hydrogen-bond donors (Lipinski definition) is 1. The summed E-state index contributed by atoms with van der Waals surface area (Å²) in [5.41, 5.74) is 0.995. The summed E-state index contributed by atoms with van der Waals surface area (Å²) in [4.78, 5) is 12.5. The molecule has 2 aromatic rings. The first-order chi connectivity index (χ1) is 13.7. The fourth-order valence-electron chi connectivity index (χ4n) is 3.16. The van der Waals surface area contributed by atoms with Crippen molar-refractivity contribution in [2.45, 2.75) is 18.6 Å². The molecular weight excluding hydrogens is 523 g/mol. The van der Waals surface area contributed by atoms with Gasteiger partial charge in [-0.2, -0.15) is 0 Å². The average Bonchev–Trinajstić information content (AvgIpc) is 2.68. The zero-order valence-corrected chi connectivity index (χ0v) is 19.8. The molecule has 1 aliphatic heterocycles. The first-order valence-corrected chi connectivity index (χ1v) is 12.4. The van der Waals surface area contributed by atoms with Gasteiger partial charge < -0.3 is 5.32 Å². The Hall–Kier alpha value is -0.830. The van der Waals surface area contributed by atoms with Crippen molar-refractivity contribution in [1.82, 2.24) is 4.31 Å². The standard InChI is InChI=1S/C19H18BrCl3N2O3S/c20-15-5-4-13(10-18(15)23)24-19(26)12-6-8-25(9-7-12)29(27,28)11-14-16(21)2-1-3-17(14)22/h1-5,10,12H,6-9,11H2,(H,24,26). The Morgan fingerprint density at radius 1 is 1.07 bits per heavy atom. The van der Waals surface area contributed by atoms with Crippen molar-refractivity contribution in [1.29, 1.82) is 0 Å². The summed E-state index contributed by atoms with van der Waals surface area (Å²) in [6, 6.07) is 10.1. The SMILES string of the molecule is O=C(Nc1ccc(Br)c(Cl)c1)C1CCN(S(=O)(=O)Cc2c(Cl)cccc2Cl)CC1. The molecular formula is C19H18BrCl3N2O3S. The Morgan fingerprint density at radius 3 is 2.28 bits per heavy atom. The molecule has 1 fully saturated rings. The minimum Gasteiger partial charge on any atom is -0.326 e. The van der Waals surface area contributed by atoms with Gasteiger partial charge >= 0.3 is 0 Å². The van der Waals surface area contributed by atoms with Crippen LogP contribution >= 0.6 is 50.7 Å². The highest BCUT2D eigenvalue weighted by atomic mass is 79.9. The zero-order valence-electron chi connectivity index (χ0n) is 15.2. The molecule has 5 nitrogen and oxygen atoms in total. The molecule has 0 saturated carbocycles. The maximum absolute atomic E-state index is 12.8. The number of amides is 1. The van der Waals surface area contributed by atoms with E-state index >= 15 is 0 Å². The number of nitrogens with zero attached hydrogens (tertiary/aromatic N) is 1. The second-order valence-corrected chi connectivity index (χ2v) is 10.8. The van der Waals surface area contributed by atoms with Crippen LogP contribution in [0.5, 0.6) is 0 Å². The molecule has 0 unspecified atom stereocenters. The lowest BCUT2D eigenvalue weighted by Gasteiger charge is -2.30. The summed E-state index contributed by atoms with van der Waals surface area (Å²) in [7, 11) is -3.59. The Morgan fingerprint density at radius 2 is 1.69 bits per heavy atom. The maximum Gasteiger partial charge on any atom is 0.227 e. The fourth-order valence-corrected chi connectivity index (χ4v) is 5.90. The van der Waals surface area contributed by atoms with E-state index in [1.807, 2.05) is 0 Å². The predicted octanol–water partition coefficient (Wildman–Crippen LogP) is 5.59. The molecule has 1 amide bonds. The summed E-state index contributed by atoms with van der Waals surface area (Å²) < 4.78 is 27.7. The van der Waals surface area contributed by atoms with Crippen molar-refractivity contribution < 1.29 is 13.2 Å². The molecule has 1 saturated heterocycles. The molecule has 2 aromatic carbocycles. The zero-order chi connectivity index (χ0) is 21.2. The van der Waals surface area contributed by atoms with E-state index < -0.39 is 10.0 Å². The Balaban J connectivity index is 1.60. The second kappa shape index (κ2) is 9.54. The van der Waals surface area contributed by atoms with Gasteiger partial charge in [-0.15, -0.1) is 0 Å². The Labute approximate surface area is 193 Å². The fraction of sp³-hybridized carbons (Fsp3) is 0.316. The van der Waals surface area contributed by atoms with Crippen molar-refractivity contribution in [2.24, 2.45) is 5.92 Å². The van der Waals surface area contributed by atoms with Crippen LogP contribution in [-0.2, 0) is 20.6 Å². The van der Waals surface area contributed by atoms with Gasteiger partial charge in [-0.3, -0.25) is 4.79 Å². The molecule has 1 heterocycles. The molecule has 0 atom stereocenters. The highest BCUT2D eigenvalue weighted by molar-refractivity contribution is 9.10. The molecule has 29 heavy (non-hydrogen) atoms. The lowest BCUT2D eigenvalue weighted by molar-refractivity contribution is -0.120. The third-order valence-corrected chi connectivity index (χ3v) is 8.54. The van der Waals surface area contributed by atoms with E-state index in [0.717, 1.165) is 4.47 Å². The largest absolute Gasteiger partial charge is 0.326 e. The van der Waals surface area contributed by atoms with Gasteiger partial charge in [0.05, 0.1) is 10.8 Å². The van der Waals surface area contributed by atoms with E-state index in [1.165, 1.54) is 4.31 Å². The number of carbonyl (C=O) groups is 1. The van der Waals surface area contributed by atoms with Crippen molar-refractivity contribution in [3.8, 4) is 0 Å². The lowest BCUT2D eigenvalue weighted by atomic mass is 9.97. The van der Waals surface area contributed by atoms with Gasteiger partial charge in [-0.05, 0) is 59.1 Å². The highest BCUT2D eigenvalue weighted by Crippen LogP contribution is 2.30. The molecule has 0 aromatic heterocycles. The summed E-state index contributed by atoms with van der Waals surface area (Å²) >= 11 is 21.6. The van der Waals surface area contributed by atoms with Crippen LogP contribution in [0, 0.1) is 5.92 Å². The van der Waals surface area contributed by atoms with E-state index in [0.29, 0.717) is 39.2 Å². The van der Waals surface area contributed by atoms with Crippen molar-refractivity contribution in [3.05, 3.63) is 61.5 Å². The highest BCUT2D eigenvalue weighted by Gasteiger charge is 2.32. The van der Waals surface area contributed by atoms with E-state index in [1.54, 1.807) is 36.4 Å². The number of sulfonamides is 1. The lowest BCUT2D eigenvalue weighted by Crippen LogP contribution is -2.41. The molecule has 10 heteroatoms. The summed E-state index contributed by atoms with van der Waals surface area (Å²) in [5.74, 6) is -0.679. The monoisotopic (exact) mass is 538 g/mol. The van der Waals surface area contributed by atoms with Crippen LogP contribution in [0.2, 0.25) is 15.1 Å².